The number of aliphatic imine (C=N–C) groups is 1. The van der Waals surface area contributed by atoms with Crippen LogP contribution in [0.2, 0.25) is 0 Å². The van der Waals surface area contributed by atoms with Crippen LogP contribution in [0.4, 0.5) is 5.69 Å². The van der Waals surface area contributed by atoms with Gasteiger partial charge in [-0.3, -0.25) is 4.79 Å². The zero-order chi connectivity index (χ0) is 20.0. The van der Waals surface area contributed by atoms with Crippen LogP contribution in [0, 0.1) is 0 Å². The van der Waals surface area contributed by atoms with E-state index in [-0.39, 0.29) is 18.0 Å². The molecular weight excluding hydrogens is 346 g/mol. The number of ether oxygens (including phenoxy) is 2. The van der Waals surface area contributed by atoms with Gasteiger partial charge >= 0.3 is 11.9 Å². The molecular formula is C20H23N3O4. The average molecular weight is 369 g/mol. The Labute approximate surface area is 158 Å². The highest BCUT2D eigenvalue weighted by Crippen LogP contribution is 2.22. The standard InChI is InChI=1S/C20H23N3O4/c1-12(2)26-18(24)13(3)14-6-10-17(11-7-14)27-19(25)15-4-8-16(9-5-15)23-20(21)22/h4-13H,1-3H3,(H4,21,22,23). The molecule has 0 heterocycles. The van der Waals surface area contributed by atoms with Gasteiger partial charge in [0.05, 0.1) is 23.3 Å². The maximum Gasteiger partial charge on any atom is 0.343 e. The topological polar surface area (TPSA) is 117 Å². The van der Waals surface area contributed by atoms with Crippen molar-refractivity contribution in [3.63, 3.8) is 0 Å². The third-order valence-corrected chi connectivity index (χ3v) is 3.66. The van der Waals surface area contributed by atoms with E-state index in [0.717, 1.165) is 5.56 Å². The molecule has 27 heavy (non-hydrogen) atoms. The van der Waals surface area contributed by atoms with E-state index in [1.54, 1.807) is 69.3 Å². The highest BCUT2D eigenvalue weighted by molar-refractivity contribution is 5.91. The van der Waals surface area contributed by atoms with E-state index in [4.69, 9.17) is 20.9 Å². The summed E-state index contributed by atoms with van der Waals surface area (Å²) in [4.78, 5) is 28.1. The largest absolute Gasteiger partial charge is 0.463 e. The predicted molar refractivity (Wildman–Crippen MR) is 103 cm³/mol. The summed E-state index contributed by atoms with van der Waals surface area (Å²) in [5.41, 5.74) is 12.3. The van der Waals surface area contributed by atoms with E-state index in [1.807, 2.05) is 0 Å². The number of nitrogens with zero attached hydrogens (tertiary/aromatic N) is 1. The number of guanidine groups is 1. The van der Waals surface area contributed by atoms with Gasteiger partial charge in [-0.15, -0.1) is 0 Å². The van der Waals surface area contributed by atoms with Crippen molar-refractivity contribution < 1.29 is 19.1 Å². The fraction of sp³-hybridized carbons (Fsp3) is 0.250. The number of hydrogen-bond donors (Lipinski definition) is 2. The molecule has 2 aromatic carbocycles. The van der Waals surface area contributed by atoms with Gasteiger partial charge in [0.15, 0.2) is 5.96 Å². The van der Waals surface area contributed by atoms with E-state index >= 15 is 0 Å². The lowest BCUT2D eigenvalue weighted by Crippen LogP contribution is -2.21. The number of carbonyl (C=O) groups is 2. The SMILES string of the molecule is CC(C)OC(=O)C(C)c1ccc(OC(=O)c2ccc(N=C(N)N)cc2)cc1. The summed E-state index contributed by atoms with van der Waals surface area (Å²) in [7, 11) is 0. The Kier molecular flexibility index (Phi) is 6.54. The third kappa shape index (κ3) is 5.85. The first-order chi connectivity index (χ1) is 12.8. The molecule has 0 aliphatic rings. The van der Waals surface area contributed by atoms with Crippen molar-refractivity contribution in [3.8, 4) is 5.75 Å². The molecule has 0 aliphatic heterocycles. The summed E-state index contributed by atoms with van der Waals surface area (Å²) < 4.78 is 10.5. The van der Waals surface area contributed by atoms with Gasteiger partial charge in [-0.05, 0) is 62.7 Å². The normalized spacial score (nSPS) is 11.6. The minimum Gasteiger partial charge on any atom is -0.463 e. The first kappa shape index (κ1) is 20.0. The lowest BCUT2D eigenvalue weighted by Gasteiger charge is -2.14. The molecule has 2 rings (SSSR count). The first-order valence-corrected chi connectivity index (χ1v) is 8.48. The molecule has 0 amide bonds. The monoisotopic (exact) mass is 369 g/mol. The summed E-state index contributed by atoms with van der Waals surface area (Å²) >= 11 is 0. The molecule has 0 saturated carbocycles. The zero-order valence-electron chi connectivity index (χ0n) is 15.5. The quantitative estimate of drug-likeness (QED) is 0.350. The molecule has 1 atom stereocenters. The van der Waals surface area contributed by atoms with Crippen LogP contribution in [-0.4, -0.2) is 24.0 Å². The molecule has 0 aliphatic carbocycles. The van der Waals surface area contributed by atoms with Gasteiger partial charge < -0.3 is 20.9 Å². The highest BCUT2D eigenvalue weighted by atomic mass is 16.5. The Morgan fingerprint density at radius 3 is 2.04 bits per heavy atom. The van der Waals surface area contributed by atoms with Gasteiger partial charge in [0.2, 0.25) is 0 Å². The second-order valence-corrected chi connectivity index (χ2v) is 6.25. The van der Waals surface area contributed by atoms with E-state index < -0.39 is 11.9 Å². The molecule has 142 valence electrons. The van der Waals surface area contributed by atoms with Crippen molar-refractivity contribution in [1.82, 2.24) is 0 Å². The lowest BCUT2D eigenvalue weighted by molar-refractivity contribution is -0.148. The molecule has 2 aromatic rings. The summed E-state index contributed by atoms with van der Waals surface area (Å²) in [5.74, 6) is -0.888. The van der Waals surface area contributed by atoms with Crippen LogP contribution in [0.25, 0.3) is 0 Å². The summed E-state index contributed by atoms with van der Waals surface area (Å²) in [6.07, 6.45) is -0.168. The molecule has 0 spiro atoms. The van der Waals surface area contributed by atoms with Crippen LogP contribution in [0.3, 0.4) is 0 Å². The van der Waals surface area contributed by atoms with Crippen molar-refractivity contribution in [1.29, 1.82) is 0 Å². The van der Waals surface area contributed by atoms with Gasteiger partial charge in [0, 0.05) is 0 Å². The van der Waals surface area contributed by atoms with Crippen molar-refractivity contribution in [2.75, 3.05) is 0 Å². The lowest BCUT2D eigenvalue weighted by atomic mass is 10.0. The number of nitrogens with two attached hydrogens (primary N) is 2. The maximum absolute atomic E-state index is 12.2. The van der Waals surface area contributed by atoms with E-state index in [0.29, 0.717) is 17.0 Å². The van der Waals surface area contributed by atoms with Gasteiger partial charge in [-0.1, -0.05) is 12.1 Å². The first-order valence-electron chi connectivity index (χ1n) is 8.48. The van der Waals surface area contributed by atoms with Gasteiger partial charge in [-0.25, -0.2) is 9.79 Å². The molecule has 0 fully saturated rings. The number of hydrogen-bond acceptors (Lipinski definition) is 5. The average Bonchev–Trinajstić information content (AvgIpc) is 2.61. The van der Waals surface area contributed by atoms with Crippen molar-refractivity contribution in [3.05, 3.63) is 59.7 Å². The van der Waals surface area contributed by atoms with Gasteiger partial charge in [0.1, 0.15) is 5.75 Å². The molecule has 4 N–H and O–H groups in total. The second kappa shape index (κ2) is 8.84. The third-order valence-electron chi connectivity index (χ3n) is 3.66. The number of rotatable bonds is 6. The van der Waals surface area contributed by atoms with Crippen LogP contribution in [0.5, 0.6) is 5.75 Å². The smallest absolute Gasteiger partial charge is 0.343 e. The summed E-state index contributed by atoms with van der Waals surface area (Å²) in [6, 6.07) is 13.1. The predicted octanol–water partition coefficient (Wildman–Crippen LogP) is 2.87. The maximum atomic E-state index is 12.2. The number of carbonyl (C=O) groups excluding carboxylic acids is 2. The Bertz CT molecular complexity index is 823. The van der Waals surface area contributed by atoms with Crippen LogP contribution in [-0.2, 0) is 9.53 Å². The highest BCUT2D eigenvalue weighted by Gasteiger charge is 2.18. The number of esters is 2. The summed E-state index contributed by atoms with van der Waals surface area (Å²) in [5, 5.41) is 0. The molecule has 1 unspecified atom stereocenters. The van der Waals surface area contributed by atoms with Crippen LogP contribution in [0.15, 0.2) is 53.5 Å². The number of benzene rings is 2. The van der Waals surface area contributed by atoms with E-state index in [1.165, 1.54) is 0 Å². The minimum atomic E-state index is -0.508. The summed E-state index contributed by atoms with van der Waals surface area (Å²) in [6.45, 7) is 5.37. The fourth-order valence-corrected chi connectivity index (χ4v) is 2.28. The molecule has 0 radical (unpaired) electrons. The molecule has 0 saturated heterocycles. The van der Waals surface area contributed by atoms with Gasteiger partial charge in [-0.2, -0.15) is 0 Å². The molecule has 7 heteroatoms. The van der Waals surface area contributed by atoms with Crippen LogP contribution < -0.4 is 16.2 Å². The zero-order valence-corrected chi connectivity index (χ0v) is 15.5. The van der Waals surface area contributed by atoms with Crippen LogP contribution >= 0.6 is 0 Å². The van der Waals surface area contributed by atoms with Gasteiger partial charge in [0.25, 0.3) is 0 Å². The Hall–Kier alpha value is -3.35. The van der Waals surface area contributed by atoms with Crippen molar-refractivity contribution in [2.24, 2.45) is 16.5 Å². The van der Waals surface area contributed by atoms with E-state index in [2.05, 4.69) is 4.99 Å². The van der Waals surface area contributed by atoms with Crippen molar-refractivity contribution >= 4 is 23.6 Å². The second-order valence-electron chi connectivity index (χ2n) is 6.25. The minimum absolute atomic E-state index is 0.0584. The Morgan fingerprint density at radius 2 is 1.52 bits per heavy atom. The molecule has 7 nitrogen and oxygen atoms in total. The molecule has 0 aromatic heterocycles. The van der Waals surface area contributed by atoms with Crippen LogP contribution in [0.1, 0.15) is 42.6 Å². The fourth-order valence-electron chi connectivity index (χ4n) is 2.28. The van der Waals surface area contributed by atoms with Crippen molar-refractivity contribution in [2.45, 2.75) is 32.8 Å². The Balaban J connectivity index is 2.02. The van der Waals surface area contributed by atoms with E-state index in [9.17, 15) is 9.59 Å². The Morgan fingerprint density at radius 1 is 0.926 bits per heavy atom. The molecule has 0 bridgehead atoms.